The first kappa shape index (κ1) is 10.7. The van der Waals surface area contributed by atoms with Gasteiger partial charge in [-0.1, -0.05) is 11.2 Å². The van der Waals surface area contributed by atoms with E-state index in [0.717, 1.165) is 5.56 Å². The van der Waals surface area contributed by atoms with Crippen LogP contribution >= 0.6 is 0 Å². The van der Waals surface area contributed by atoms with Gasteiger partial charge in [-0.15, -0.1) is 0 Å². The van der Waals surface area contributed by atoms with Crippen LogP contribution in [0.25, 0.3) is 11.5 Å². The fourth-order valence-corrected chi connectivity index (χ4v) is 1.28. The Hall–Kier alpha value is -1.78. The maximum atomic E-state index is 13.5. The maximum absolute atomic E-state index is 13.5. The highest BCUT2D eigenvalue weighted by Crippen LogP contribution is 2.25. The zero-order valence-corrected chi connectivity index (χ0v) is 9.36. The summed E-state index contributed by atoms with van der Waals surface area (Å²) in [7, 11) is 0. The molecule has 0 N–H and O–H groups in total. The normalized spacial score (nSPS) is 11.8. The van der Waals surface area contributed by atoms with Gasteiger partial charge in [-0.2, -0.15) is 4.98 Å². The van der Waals surface area contributed by atoms with E-state index in [1.54, 1.807) is 6.20 Å². The molecule has 16 heavy (non-hydrogen) atoms. The Morgan fingerprint density at radius 1 is 1.38 bits per heavy atom. The summed E-state index contributed by atoms with van der Waals surface area (Å²) in [5, 5.41) is 3.73. The van der Waals surface area contributed by atoms with E-state index in [9.17, 15) is 4.39 Å². The number of rotatable bonds is 2. The third-order valence-corrected chi connectivity index (χ3v) is 2.16. The largest absolute Gasteiger partial charge is 0.335 e. The van der Waals surface area contributed by atoms with Gasteiger partial charge in [-0.3, -0.25) is 4.98 Å². The summed E-state index contributed by atoms with van der Waals surface area (Å²) in [6.07, 6.45) is 1.64. The van der Waals surface area contributed by atoms with Crippen molar-refractivity contribution in [2.45, 2.75) is 26.4 Å². The van der Waals surface area contributed by atoms with Gasteiger partial charge >= 0.3 is 0 Å². The summed E-state index contributed by atoms with van der Waals surface area (Å²) in [5.74, 6) is 0.284. The molecule has 0 aromatic carbocycles. The quantitative estimate of drug-likeness (QED) is 0.782. The molecule has 2 heterocycles. The number of aromatic nitrogens is 3. The van der Waals surface area contributed by atoms with E-state index in [1.807, 2.05) is 19.1 Å². The molecule has 0 aliphatic carbocycles. The second-order valence-electron chi connectivity index (χ2n) is 4.06. The Morgan fingerprint density at radius 3 is 2.69 bits per heavy atom. The Morgan fingerprint density at radius 2 is 2.12 bits per heavy atom. The molecule has 0 aliphatic rings. The number of hydrogen-bond acceptors (Lipinski definition) is 4. The minimum atomic E-state index is -1.63. The van der Waals surface area contributed by atoms with Crippen molar-refractivity contribution in [3.8, 4) is 11.5 Å². The van der Waals surface area contributed by atoms with E-state index in [2.05, 4.69) is 15.1 Å². The number of alkyl halides is 1. The summed E-state index contributed by atoms with van der Waals surface area (Å²) in [6.45, 7) is 4.63. The second-order valence-corrected chi connectivity index (χ2v) is 4.06. The van der Waals surface area contributed by atoms with Gasteiger partial charge in [0.05, 0.1) is 0 Å². The van der Waals surface area contributed by atoms with Gasteiger partial charge in [-0.25, -0.2) is 4.39 Å². The number of nitrogens with zero attached hydrogens (tertiary/aromatic N) is 3. The van der Waals surface area contributed by atoms with Crippen LogP contribution in [0.1, 0.15) is 25.3 Å². The highest BCUT2D eigenvalue weighted by molar-refractivity contribution is 5.53. The molecule has 0 fully saturated rings. The number of aryl methyl sites for hydroxylation is 1. The van der Waals surface area contributed by atoms with Crippen LogP contribution in [0.2, 0.25) is 0 Å². The minimum absolute atomic E-state index is 0.0347. The summed E-state index contributed by atoms with van der Waals surface area (Å²) in [5.41, 5.74) is -0.0956. The Balaban J connectivity index is 2.44. The van der Waals surface area contributed by atoms with Crippen molar-refractivity contribution in [2.75, 3.05) is 0 Å². The first-order chi connectivity index (χ1) is 7.48. The van der Waals surface area contributed by atoms with Crippen LogP contribution < -0.4 is 0 Å². The molecule has 2 aromatic heterocycles. The second kappa shape index (κ2) is 3.66. The monoisotopic (exact) mass is 221 g/mol. The van der Waals surface area contributed by atoms with Crippen molar-refractivity contribution in [1.82, 2.24) is 15.1 Å². The molecule has 0 aliphatic heterocycles. The average Bonchev–Trinajstić information content (AvgIpc) is 2.66. The van der Waals surface area contributed by atoms with Crippen molar-refractivity contribution < 1.29 is 8.91 Å². The van der Waals surface area contributed by atoms with Crippen LogP contribution in [0.3, 0.4) is 0 Å². The third kappa shape index (κ3) is 1.93. The molecule has 2 rings (SSSR count). The van der Waals surface area contributed by atoms with Crippen LogP contribution in [0, 0.1) is 6.92 Å². The van der Waals surface area contributed by atoms with Gasteiger partial charge in [0.1, 0.15) is 5.69 Å². The van der Waals surface area contributed by atoms with Crippen molar-refractivity contribution in [1.29, 1.82) is 0 Å². The zero-order chi connectivity index (χ0) is 11.8. The molecule has 0 saturated carbocycles. The van der Waals surface area contributed by atoms with Crippen molar-refractivity contribution in [3.63, 3.8) is 0 Å². The smallest absolute Gasteiger partial charge is 0.264 e. The van der Waals surface area contributed by atoms with E-state index in [-0.39, 0.29) is 5.89 Å². The van der Waals surface area contributed by atoms with Gasteiger partial charge in [0, 0.05) is 6.20 Å². The molecule has 84 valence electrons. The van der Waals surface area contributed by atoms with Crippen LogP contribution in [0.15, 0.2) is 22.9 Å². The lowest BCUT2D eigenvalue weighted by molar-refractivity contribution is 0.155. The maximum Gasteiger partial charge on any atom is 0.264 e. The molecule has 0 radical (unpaired) electrons. The molecule has 0 bridgehead atoms. The summed E-state index contributed by atoms with van der Waals surface area (Å²) in [4.78, 5) is 8.13. The van der Waals surface area contributed by atoms with Crippen LogP contribution in [-0.4, -0.2) is 15.1 Å². The predicted octanol–water partition coefficient (Wildman–Crippen LogP) is 2.64. The summed E-state index contributed by atoms with van der Waals surface area (Å²) < 4.78 is 18.4. The standard InChI is InChI=1S/C11H12FN3O/c1-7-5-4-6-13-8(7)9-14-10(16-15-9)11(2,3)12/h4-6H,1-3H3. The topological polar surface area (TPSA) is 51.8 Å². The summed E-state index contributed by atoms with van der Waals surface area (Å²) >= 11 is 0. The van der Waals surface area contributed by atoms with E-state index >= 15 is 0 Å². The highest BCUT2D eigenvalue weighted by Gasteiger charge is 2.27. The Bertz CT molecular complexity index is 502. The lowest BCUT2D eigenvalue weighted by Crippen LogP contribution is -2.09. The Labute approximate surface area is 92.5 Å². The highest BCUT2D eigenvalue weighted by atomic mass is 19.1. The molecule has 0 spiro atoms. The number of hydrogen-bond donors (Lipinski definition) is 0. The van der Waals surface area contributed by atoms with Gasteiger partial charge < -0.3 is 4.52 Å². The van der Waals surface area contributed by atoms with Crippen LogP contribution in [0.5, 0.6) is 0 Å². The van der Waals surface area contributed by atoms with Crippen LogP contribution in [0.4, 0.5) is 4.39 Å². The fraction of sp³-hybridized carbons (Fsp3) is 0.364. The van der Waals surface area contributed by atoms with E-state index in [1.165, 1.54) is 13.8 Å². The molecular weight excluding hydrogens is 209 g/mol. The predicted molar refractivity (Wildman–Crippen MR) is 56.4 cm³/mol. The van der Waals surface area contributed by atoms with Crippen molar-refractivity contribution >= 4 is 0 Å². The third-order valence-electron chi connectivity index (χ3n) is 2.16. The van der Waals surface area contributed by atoms with Gasteiger partial charge in [0.15, 0.2) is 5.67 Å². The molecule has 0 unspecified atom stereocenters. The zero-order valence-electron chi connectivity index (χ0n) is 9.36. The van der Waals surface area contributed by atoms with Gasteiger partial charge in [0.25, 0.3) is 5.89 Å². The van der Waals surface area contributed by atoms with E-state index in [0.29, 0.717) is 11.5 Å². The lowest BCUT2D eigenvalue weighted by Gasteiger charge is -2.05. The van der Waals surface area contributed by atoms with E-state index < -0.39 is 5.67 Å². The molecule has 0 amide bonds. The first-order valence-corrected chi connectivity index (χ1v) is 4.93. The van der Waals surface area contributed by atoms with Gasteiger partial charge in [0.2, 0.25) is 5.82 Å². The van der Waals surface area contributed by atoms with Crippen molar-refractivity contribution in [2.24, 2.45) is 0 Å². The molecular formula is C11H12FN3O. The minimum Gasteiger partial charge on any atom is -0.335 e. The van der Waals surface area contributed by atoms with Crippen LogP contribution in [-0.2, 0) is 5.67 Å². The Kier molecular flexibility index (Phi) is 2.46. The van der Waals surface area contributed by atoms with E-state index in [4.69, 9.17) is 4.52 Å². The molecule has 4 nitrogen and oxygen atoms in total. The molecule has 5 heteroatoms. The molecule has 0 saturated heterocycles. The molecule has 2 aromatic rings. The number of pyridine rings is 1. The summed E-state index contributed by atoms with van der Waals surface area (Å²) in [6, 6.07) is 3.71. The van der Waals surface area contributed by atoms with Crippen molar-refractivity contribution in [3.05, 3.63) is 29.8 Å². The number of halogens is 1. The first-order valence-electron chi connectivity index (χ1n) is 4.93. The van der Waals surface area contributed by atoms with Gasteiger partial charge in [-0.05, 0) is 32.4 Å². The lowest BCUT2D eigenvalue weighted by atomic mass is 10.2. The molecule has 0 atom stereocenters. The fourth-order valence-electron chi connectivity index (χ4n) is 1.28. The SMILES string of the molecule is Cc1cccnc1-c1noc(C(C)(C)F)n1. The average molecular weight is 221 g/mol.